The molecule has 18 heavy (non-hydrogen) atoms. The quantitative estimate of drug-likeness (QED) is 0.817. The largest absolute Gasteiger partial charge is 0.480 e. The van der Waals surface area contributed by atoms with Crippen LogP contribution < -0.4 is 4.72 Å². The highest BCUT2D eigenvalue weighted by Crippen LogP contribution is 2.15. The van der Waals surface area contributed by atoms with Crippen molar-refractivity contribution in [3.8, 4) is 0 Å². The summed E-state index contributed by atoms with van der Waals surface area (Å²) < 4.78 is 26.5. The second kappa shape index (κ2) is 6.26. The molecule has 1 rings (SSSR count). The van der Waals surface area contributed by atoms with E-state index >= 15 is 0 Å². The Bertz CT molecular complexity index is 532. The van der Waals surface area contributed by atoms with Gasteiger partial charge in [-0.25, -0.2) is 8.42 Å². The van der Waals surface area contributed by atoms with Crippen molar-refractivity contribution in [2.24, 2.45) is 0 Å². The van der Waals surface area contributed by atoms with E-state index in [9.17, 15) is 13.2 Å². The van der Waals surface area contributed by atoms with Gasteiger partial charge in [0, 0.05) is 16.9 Å². The van der Waals surface area contributed by atoms with E-state index in [2.05, 4.69) is 25.6 Å². The lowest BCUT2D eigenvalue weighted by Gasteiger charge is -2.13. The minimum absolute atomic E-state index is 0.0702. The van der Waals surface area contributed by atoms with Crippen LogP contribution in [0.1, 0.15) is 19.8 Å². The van der Waals surface area contributed by atoms with Crippen molar-refractivity contribution in [2.45, 2.75) is 30.7 Å². The average Bonchev–Trinajstić information content (AvgIpc) is 2.28. The molecule has 6 nitrogen and oxygen atoms in total. The van der Waals surface area contributed by atoms with Crippen LogP contribution in [0.3, 0.4) is 0 Å². The first-order chi connectivity index (χ1) is 8.36. The summed E-state index contributed by atoms with van der Waals surface area (Å²) in [6, 6.07) is 0.235. The van der Waals surface area contributed by atoms with Gasteiger partial charge in [-0.15, -0.1) is 0 Å². The standard InChI is InChI=1S/C10H13BrN2O4S/c1-2-3-9(10(14)15)13-18(16,17)8-4-7(11)5-12-6-8/h4-6,9,13H,2-3H2,1H3,(H,14,15)/t9-/m1/s1. The predicted molar refractivity (Wildman–Crippen MR) is 68.6 cm³/mol. The molecular weight excluding hydrogens is 324 g/mol. The number of aromatic nitrogens is 1. The van der Waals surface area contributed by atoms with Crippen molar-refractivity contribution >= 4 is 31.9 Å². The lowest BCUT2D eigenvalue weighted by Crippen LogP contribution is -2.40. The molecule has 2 N–H and O–H groups in total. The zero-order valence-corrected chi connectivity index (χ0v) is 12.0. The maximum absolute atomic E-state index is 11.9. The molecule has 1 aromatic heterocycles. The molecule has 0 amide bonds. The number of aliphatic carboxylic acids is 1. The number of rotatable bonds is 6. The Kier molecular flexibility index (Phi) is 5.24. The maximum atomic E-state index is 11.9. The zero-order chi connectivity index (χ0) is 13.8. The Morgan fingerprint density at radius 2 is 2.22 bits per heavy atom. The molecule has 0 aliphatic heterocycles. The van der Waals surface area contributed by atoms with Gasteiger partial charge in [-0.3, -0.25) is 9.78 Å². The molecule has 0 saturated heterocycles. The fourth-order valence-electron chi connectivity index (χ4n) is 1.32. The van der Waals surface area contributed by atoms with Crippen molar-refractivity contribution in [2.75, 3.05) is 0 Å². The lowest BCUT2D eigenvalue weighted by atomic mass is 10.2. The minimum atomic E-state index is -3.87. The molecule has 0 radical (unpaired) electrons. The van der Waals surface area contributed by atoms with Crippen LogP contribution in [-0.2, 0) is 14.8 Å². The topological polar surface area (TPSA) is 96.4 Å². The highest BCUT2D eigenvalue weighted by molar-refractivity contribution is 9.10. The molecule has 1 atom stereocenters. The van der Waals surface area contributed by atoms with E-state index in [1.54, 1.807) is 6.92 Å². The summed E-state index contributed by atoms with van der Waals surface area (Å²) in [7, 11) is -3.87. The normalized spacial score (nSPS) is 13.2. The molecular formula is C10H13BrN2O4S. The van der Waals surface area contributed by atoms with E-state index < -0.39 is 22.0 Å². The van der Waals surface area contributed by atoms with Crippen LogP contribution in [0.4, 0.5) is 0 Å². The van der Waals surface area contributed by atoms with Crippen molar-refractivity contribution in [1.29, 1.82) is 0 Å². The van der Waals surface area contributed by atoms with Crippen LogP contribution in [0.2, 0.25) is 0 Å². The van der Waals surface area contributed by atoms with E-state index in [-0.39, 0.29) is 11.3 Å². The molecule has 0 aliphatic rings. The first kappa shape index (κ1) is 15.1. The van der Waals surface area contributed by atoms with Gasteiger partial charge < -0.3 is 5.11 Å². The molecule has 0 fully saturated rings. The van der Waals surface area contributed by atoms with Gasteiger partial charge >= 0.3 is 5.97 Å². The third-order valence-corrected chi connectivity index (χ3v) is 4.04. The Morgan fingerprint density at radius 1 is 1.56 bits per heavy atom. The second-order valence-electron chi connectivity index (χ2n) is 3.64. The summed E-state index contributed by atoms with van der Waals surface area (Å²) in [4.78, 5) is 14.6. The monoisotopic (exact) mass is 336 g/mol. The molecule has 1 aromatic rings. The van der Waals surface area contributed by atoms with E-state index in [4.69, 9.17) is 5.11 Å². The molecule has 0 aromatic carbocycles. The summed E-state index contributed by atoms with van der Waals surface area (Å²) in [5.74, 6) is -1.19. The number of sulfonamides is 1. The van der Waals surface area contributed by atoms with E-state index in [0.717, 1.165) is 6.20 Å². The fourth-order valence-corrected chi connectivity index (χ4v) is 3.04. The van der Waals surface area contributed by atoms with E-state index in [0.29, 0.717) is 10.9 Å². The van der Waals surface area contributed by atoms with E-state index in [1.165, 1.54) is 12.3 Å². The van der Waals surface area contributed by atoms with Crippen molar-refractivity contribution in [3.63, 3.8) is 0 Å². The van der Waals surface area contributed by atoms with Gasteiger partial charge in [0.25, 0.3) is 0 Å². The molecule has 0 bridgehead atoms. The number of carboxylic acids is 1. The minimum Gasteiger partial charge on any atom is -0.480 e. The summed E-state index contributed by atoms with van der Waals surface area (Å²) in [5.41, 5.74) is 0. The van der Waals surface area contributed by atoms with Gasteiger partial charge in [0.05, 0.1) is 0 Å². The highest BCUT2D eigenvalue weighted by atomic mass is 79.9. The molecule has 100 valence electrons. The third kappa shape index (κ3) is 4.04. The van der Waals surface area contributed by atoms with Gasteiger partial charge in [0.2, 0.25) is 10.0 Å². The van der Waals surface area contributed by atoms with E-state index in [1.807, 2.05) is 0 Å². The van der Waals surface area contributed by atoms with Gasteiger partial charge in [0.15, 0.2) is 0 Å². The predicted octanol–water partition coefficient (Wildman–Crippen LogP) is 1.38. The van der Waals surface area contributed by atoms with Crippen LogP contribution in [0.25, 0.3) is 0 Å². The van der Waals surface area contributed by atoms with Crippen LogP contribution >= 0.6 is 15.9 Å². The first-order valence-electron chi connectivity index (χ1n) is 5.22. The summed E-state index contributed by atoms with van der Waals surface area (Å²) >= 11 is 3.11. The Hall–Kier alpha value is -0.990. The molecule has 0 unspecified atom stereocenters. The second-order valence-corrected chi connectivity index (χ2v) is 6.27. The smallest absolute Gasteiger partial charge is 0.321 e. The summed E-state index contributed by atoms with van der Waals surface area (Å²) in [6.45, 7) is 1.78. The van der Waals surface area contributed by atoms with Crippen LogP contribution in [0.5, 0.6) is 0 Å². The number of nitrogens with zero attached hydrogens (tertiary/aromatic N) is 1. The van der Waals surface area contributed by atoms with Gasteiger partial charge in [-0.1, -0.05) is 13.3 Å². The number of pyridine rings is 1. The number of halogens is 1. The molecule has 0 spiro atoms. The Morgan fingerprint density at radius 3 is 2.72 bits per heavy atom. The first-order valence-corrected chi connectivity index (χ1v) is 7.50. The van der Waals surface area contributed by atoms with Gasteiger partial charge in [0.1, 0.15) is 10.9 Å². The van der Waals surface area contributed by atoms with Gasteiger partial charge in [-0.05, 0) is 28.4 Å². The number of hydrogen-bond donors (Lipinski definition) is 2. The van der Waals surface area contributed by atoms with Crippen molar-refractivity contribution < 1.29 is 18.3 Å². The van der Waals surface area contributed by atoms with Crippen molar-refractivity contribution in [3.05, 3.63) is 22.9 Å². The average molecular weight is 337 g/mol. The van der Waals surface area contributed by atoms with Crippen molar-refractivity contribution in [1.82, 2.24) is 9.71 Å². The van der Waals surface area contributed by atoms with Crippen LogP contribution in [0, 0.1) is 0 Å². The highest BCUT2D eigenvalue weighted by Gasteiger charge is 2.24. The number of carboxylic acid groups (broad SMARTS) is 1. The Labute approximate surface area is 114 Å². The SMILES string of the molecule is CCC[C@@H](NS(=O)(=O)c1cncc(Br)c1)C(=O)O. The van der Waals surface area contributed by atoms with Gasteiger partial charge in [-0.2, -0.15) is 4.72 Å². The zero-order valence-electron chi connectivity index (χ0n) is 9.63. The van der Waals surface area contributed by atoms with Crippen LogP contribution in [-0.4, -0.2) is 30.5 Å². The molecule has 0 aliphatic carbocycles. The molecule has 8 heteroatoms. The fraction of sp³-hybridized carbons (Fsp3) is 0.400. The Balaban J connectivity index is 2.97. The molecule has 0 saturated carbocycles. The number of nitrogens with one attached hydrogen (secondary N) is 1. The maximum Gasteiger partial charge on any atom is 0.321 e. The molecule has 1 heterocycles. The third-order valence-electron chi connectivity index (χ3n) is 2.16. The summed E-state index contributed by atoms with van der Waals surface area (Å²) in [6.07, 6.45) is 3.41. The number of hydrogen-bond acceptors (Lipinski definition) is 4. The summed E-state index contributed by atoms with van der Waals surface area (Å²) in [5, 5.41) is 8.92. The lowest BCUT2D eigenvalue weighted by molar-refractivity contribution is -0.139. The van der Waals surface area contributed by atoms with Crippen LogP contribution in [0.15, 0.2) is 27.8 Å². The number of carbonyl (C=O) groups is 1.